The van der Waals surface area contributed by atoms with Crippen LogP contribution in [0, 0.1) is 0 Å². The van der Waals surface area contributed by atoms with Crippen molar-refractivity contribution < 1.29 is 4.52 Å². The molecule has 1 aromatic heterocycles. The molecular weight excluding hydrogens is 268 g/mol. The molecule has 1 aliphatic heterocycles. The molecule has 2 aromatic rings. The minimum atomic E-state index is 0.864. The fourth-order valence-corrected chi connectivity index (χ4v) is 2.57. The van der Waals surface area contributed by atoms with Crippen molar-refractivity contribution in [3.05, 3.63) is 28.4 Å². The molecule has 1 aliphatic rings. The molecule has 0 amide bonds. The second kappa shape index (κ2) is 4.18. The van der Waals surface area contributed by atoms with Crippen molar-refractivity contribution in [3.8, 4) is 0 Å². The Morgan fingerprint density at radius 3 is 2.94 bits per heavy atom. The molecular formula is C12H13BrN2O. The first-order valence-corrected chi connectivity index (χ1v) is 6.38. The molecule has 0 atom stereocenters. The average Bonchev–Trinajstić information content (AvgIpc) is 2.89. The van der Waals surface area contributed by atoms with Crippen molar-refractivity contribution in [2.75, 3.05) is 13.1 Å². The Morgan fingerprint density at radius 1 is 1.31 bits per heavy atom. The van der Waals surface area contributed by atoms with Crippen molar-refractivity contribution in [3.63, 3.8) is 0 Å². The number of aromatic nitrogens is 1. The number of nitrogens with zero attached hydrogens (tertiary/aromatic N) is 2. The fourth-order valence-electron chi connectivity index (χ4n) is 2.23. The zero-order chi connectivity index (χ0) is 11.0. The SMILES string of the molecule is Brc1ccc2c(CN3CCCC3)noc2c1. The molecule has 3 nitrogen and oxygen atoms in total. The number of likely N-dealkylation sites (tertiary alicyclic amines) is 1. The topological polar surface area (TPSA) is 29.3 Å². The lowest BCUT2D eigenvalue weighted by atomic mass is 10.2. The highest BCUT2D eigenvalue weighted by molar-refractivity contribution is 9.10. The molecule has 3 rings (SSSR count). The van der Waals surface area contributed by atoms with Crippen LogP contribution in [0.4, 0.5) is 0 Å². The quantitative estimate of drug-likeness (QED) is 0.846. The van der Waals surface area contributed by atoms with Crippen LogP contribution in [0.25, 0.3) is 11.0 Å². The Bertz CT molecular complexity index is 503. The molecule has 16 heavy (non-hydrogen) atoms. The van der Waals surface area contributed by atoms with Crippen LogP contribution in [0.3, 0.4) is 0 Å². The fraction of sp³-hybridized carbons (Fsp3) is 0.417. The standard InChI is InChI=1S/C12H13BrN2O/c13-9-3-4-10-11(14-16-12(10)7-9)8-15-5-1-2-6-15/h3-4,7H,1-2,5-6,8H2. The second-order valence-electron chi connectivity index (χ2n) is 4.25. The third kappa shape index (κ3) is 1.87. The van der Waals surface area contributed by atoms with Gasteiger partial charge in [0.15, 0.2) is 5.58 Å². The maximum absolute atomic E-state index is 5.33. The Morgan fingerprint density at radius 2 is 2.12 bits per heavy atom. The Hall–Kier alpha value is -0.870. The van der Waals surface area contributed by atoms with Gasteiger partial charge in [-0.3, -0.25) is 4.90 Å². The van der Waals surface area contributed by atoms with Crippen molar-refractivity contribution in [2.24, 2.45) is 0 Å². The lowest BCUT2D eigenvalue weighted by molar-refractivity contribution is 0.317. The first kappa shape index (κ1) is 10.3. The first-order chi connectivity index (χ1) is 7.83. The molecule has 4 heteroatoms. The lowest BCUT2D eigenvalue weighted by Crippen LogP contribution is -2.18. The predicted octanol–water partition coefficient (Wildman–Crippen LogP) is 3.19. The Balaban J connectivity index is 1.91. The van der Waals surface area contributed by atoms with Crippen molar-refractivity contribution in [1.29, 1.82) is 0 Å². The van der Waals surface area contributed by atoms with E-state index in [1.54, 1.807) is 0 Å². The summed E-state index contributed by atoms with van der Waals surface area (Å²) in [4.78, 5) is 2.43. The summed E-state index contributed by atoms with van der Waals surface area (Å²) in [6.45, 7) is 3.28. The van der Waals surface area contributed by atoms with Gasteiger partial charge in [0.05, 0.1) is 0 Å². The summed E-state index contributed by atoms with van der Waals surface area (Å²) >= 11 is 3.43. The molecule has 0 bridgehead atoms. The minimum absolute atomic E-state index is 0.864. The lowest BCUT2D eigenvalue weighted by Gasteiger charge is -2.11. The van der Waals surface area contributed by atoms with Crippen LogP contribution in [0.5, 0.6) is 0 Å². The van der Waals surface area contributed by atoms with Gasteiger partial charge in [0.25, 0.3) is 0 Å². The molecule has 0 radical (unpaired) electrons. The first-order valence-electron chi connectivity index (χ1n) is 5.59. The summed E-state index contributed by atoms with van der Waals surface area (Å²) in [5, 5.41) is 5.30. The van der Waals surface area contributed by atoms with Gasteiger partial charge < -0.3 is 4.52 Å². The normalized spacial score (nSPS) is 17.3. The molecule has 0 saturated carbocycles. The van der Waals surface area contributed by atoms with E-state index in [9.17, 15) is 0 Å². The van der Waals surface area contributed by atoms with Crippen LogP contribution in [-0.4, -0.2) is 23.1 Å². The maximum Gasteiger partial charge on any atom is 0.168 e. The zero-order valence-electron chi connectivity index (χ0n) is 8.95. The van der Waals surface area contributed by atoms with Gasteiger partial charge in [-0.1, -0.05) is 21.1 Å². The number of benzene rings is 1. The maximum atomic E-state index is 5.33. The van der Waals surface area contributed by atoms with E-state index in [0.717, 1.165) is 27.7 Å². The third-order valence-electron chi connectivity index (χ3n) is 3.08. The van der Waals surface area contributed by atoms with E-state index >= 15 is 0 Å². The van der Waals surface area contributed by atoms with Crippen LogP contribution in [0.1, 0.15) is 18.5 Å². The highest BCUT2D eigenvalue weighted by Crippen LogP contribution is 2.24. The highest BCUT2D eigenvalue weighted by atomic mass is 79.9. The molecule has 84 valence electrons. The van der Waals surface area contributed by atoms with E-state index in [-0.39, 0.29) is 0 Å². The van der Waals surface area contributed by atoms with E-state index in [4.69, 9.17) is 4.52 Å². The summed E-state index contributed by atoms with van der Waals surface area (Å²) < 4.78 is 6.36. The van der Waals surface area contributed by atoms with E-state index in [1.165, 1.54) is 25.9 Å². The largest absolute Gasteiger partial charge is 0.356 e. The van der Waals surface area contributed by atoms with Crippen molar-refractivity contribution in [2.45, 2.75) is 19.4 Å². The van der Waals surface area contributed by atoms with Crippen molar-refractivity contribution in [1.82, 2.24) is 10.1 Å². The molecule has 0 spiro atoms. The van der Waals surface area contributed by atoms with Crippen LogP contribution in [0.15, 0.2) is 27.2 Å². The third-order valence-corrected chi connectivity index (χ3v) is 3.57. The number of hydrogen-bond donors (Lipinski definition) is 0. The second-order valence-corrected chi connectivity index (χ2v) is 5.17. The van der Waals surface area contributed by atoms with Gasteiger partial charge in [0.1, 0.15) is 5.69 Å². The summed E-state index contributed by atoms with van der Waals surface area (Å²) in [5.41, 5.74) is 1.92. The van der Waals surface area contributed by atoms with Gasteiger partial charge >= 0.3 is 0 Å². The smallest absolute Gasteiger partial charge is 0.168 e. The van der Waals surface area contributed by atoms with Gasteiger partial charge in [-0.05, 0) is 44.1 Å². The van der Waals surface area contributed by atoms with E-state index < -0.39 is 0 Å². The highest BCUT2D eigenvalue weighted by Gasteiger charge is 2.16. The van der Waals surface area contributed by atoms with Crippen LogP contribution >= 0.6 is 15.9 Å². The average molecular weight is 281 g/mol. The monoisotopic (exact) mass is 280 g/mol. The summed E-state index contributed by atoms with van der Waals surface area (Å²) in [6, 6.07) is 6.07. The summed E-state index contributed by atoms with van der Waals surface area (Å²) in [7, 11) is 0. The van der Waals surface area contributed by atoms with Crippen molar-refractivity contribution >= 4 is 26.9 Å². The number of fused-ring (bicyclic) bond motifs is 1. The zero-order valence-corrected chi connectivity index (χ0v) is 10.5. The van der Waals surface area contributed by atoms with E-state index in [1.807, 2.05) is 12.1 Å². The summed E-state index contributed by atoms with van der Waals surface area (Å²) in [6.07, 6.45) is 2.61. The van der Waals surface area contributed by atoms with Crippen LogP contribution < -0.4 is 0 Å². The van der Waals surface area contributed by atoms with Gasteiger partial charge in [0.2, 0.25) is 0 Å². The predicted molar refractivity (Wildman–Crippen MR) is 66.2 cm³/mol. The molecule has 1 fully saturated rings. The van der Waals surface area contributed by atoms with Gasteiger partial charge in [-0.15, -0.1) is 0 Å². The summed E-state index contributed by atoms with van der Waals surface area (Å²) in [5.74, 6) is 0. The molecule has 0 aliphatic carbocycles. The van der Waals surface area contributed by atoms with Crippen LogP contribution in [-0.2, 0) is 6.54 Å². The van der Waals surface area contributed by atoms with Crippen LogP contribution in [0.2, 0.25) is 0 Å². The number of rotatable bonds is 2. The molecule has 0 unspecified atom stereocenters. The Kier molecular flexibility index (Phi) is 2.69. The molecule has 1 saturated heterocycles. The molecule has 1 aromatic carbocycles. The van der Waals surface area contributed by atoms with Gasteiger partial charge in [-0.2, -0.15) is 0 Å². The molecule has 2 heterocycles. The number of hydrogen-bond acceptors (Lipinski definition) is 3. The van der Waals surface area contributed by atoms with E-state index in [2.05, 4.69) is 32.1 Å². The van der Waals surface area contributed by atoms with Gasteiger partial charge in [0, 0.05) is 16.4 Å². The minimum Gasteiger partial charge on any atom is -0.356 e. The number of halogens is 1. The van der Waals surface area contributed by atoms with E-state index in [0.29, 0.717) is 0 Å². The molecule has 0 N–H and O–H groups in total. The van der Waals surface area contributed by atoms with Gasteiger partial charge in [-0.25, -0.2) is 0 Å². The Labute approximate surface area is 103 Å².